The Labute approximate surface area is 89.3 Å². The van der Waals surface area contributed by atoms with E-state index in [1.165, 1.54) is 12.1 Å². The van der Waals surface area contributed by atoms with Gasteiger partial charge in [-0.05, 0) is 18.2 Å². The zero-order valence-corrected chi connectivity index (χ0v) is 8.82. The van der Waals surface area contributed by atoms with Crippen LogP contribution in [-0.2, 0) is 0 Å². The monoisotopic (exact) mass is 260 g/mol. The van der Waals surface area contributed by atoms with E-state index >= 15 is 0 Å². The van der Waals surface area contributed by atoms with E-state index in [1.54, 1.807) is 6.07 Å². The van der Waals surface area contributed by atoms with Crippen molar-refractivity contribution in [1.82, 2.24) is 0 Å². The number of carboxylic acid groups (broad SMARTS) is 1. The number of aliphatic hydroxyl groups is 1. The quantitative estimate of drug-likeness (QED) is 0.862. The van der Waals surface area contributed by atoms with Gasteiger partial charge in [0.2, 0.25) is 0 Å². The Bertz CT molecular complexity index is 338. The first kappa shape index (κ1) is 11.0. The Balaban J connectivity index is 2.89. The molecule has 0 unspecified atom stereocenters. The van der Waals surface area contributed by atoms with Crippen LogP contribution in [-0.4, -0.2) is 29.4 Å². The number of ether oxygens (including phenoxy) is 1. The number of rotatable bonds is 4. The maximum atomic E-state index is 10.7. The fourth-order valence-corrected chi connectivity index (χ4v) is 1.41. The minimum Gasteiger partial charge on any atom is -0.491 e. The summed E-state index contributed by atoms with van der Waals surface area (Å²) < 4.78 is 5.71. The third-order valence-corrected chi connectivity index (χ3v) is 1.94. The zero-order valence-electron chi connectivity index (χ0n) is 7.24. The second-order valence-electron chi connectivity index (χ2n) is 2.55. The summed E-state index contributed by atoms with van der Waals surface area (Å²) in [7, 11) is 0. The average molecular weight is 261 g/mol. The minimum absolute atomic E-state index is 0.102. The lowest BCUT2D eigenvalue weighted by atomic mass is 10.2. The van der Waals surface area contributed by atoms with Crippen LogP contribution in [0.15, 0.2) is 22.7 Å². The molecule has 0 radical (unpaired) electrons. The predicted molar refractivity (Wildman–Crippen MR) is 53.7 cm³/mol. The van der Waals surface area contributed by atoms with Crippen molar-refractivity contribution in [3.8, 4) is 5.75 Å². The van der Waals surface area contributed by atoms with Crippen molar-refractivity contribution >= 4 is 21.9 Å². The van der Waals surface area contributed by atoms with Crippen LogP contribution in [0.1, 0.15) is 10.4 Å². The van der Waals surface area contributed by atoms with Crippen molar-refractivity contribution in [3.05, 3.63) is 28.2 Å². The third-order valence-electron chi connectivity index (χ3n) is 1.48. The van der Waals surface area contributed by atoms with Crippen LogP contribution in [0.5, 0.6) is 5.75 Å². The highest BCUT2D eigenvalue weighted by atomic mass is 79.9. The fraction of sp³-hybridized carbons (Fsp3) is 0.222. The summed E-state index contributed by atoms with van der Waals surface area (Å²) in [6, 6.07) is 4.53. The first-order valence-electron chi connectivity index (χ1n) is 3.91. The fourth-order valence-electron chi connectivity index (χ4n) is 0.933. The van der Waals surface area contributed by atoms with Crippen molar-refractivity contribution in [2.45, 2.75) is 0 Å². The molecule has 0 aliphatic rings. The number of hydrogen-bond donors (Lipinski definition) is 2. The van der Waals surface area contributed by atoms with Crippen LogP contribution in [0.3, 0.4) is 0 Å². The van der Waals surface area contributed by atoms with E-state index in [0.29, 0.717) is 10.2 Å². The average Bonchev–Trinajstić information content (AvgIpc) is 2.14. The molecule has 14 heavy (non-hydrogen) atoms. The van der Waals surface area contributed by atoms with E-state index in [0.717, 1.165) is 0 Å². The molecule has 4 nitrogen and oxygen atoms in total. The molecule has 0 spiro atoms. The summed E-state index contributed by atoms with van der Waals surface area (Å²) in [6.07, 6.45) is 0. The van der Waals surface area contributed by atoms with Gasteiger partial charge in [-0.2, -0.15) is 0 Å². The van der Waals surface area contributed by atoms with Gasteiger partial charge in [0.25, 0.3) is 0 Å². The number of carboxylic acids is 1. The van der Waals surface area contributed by atoms with Gasteiger partial charge >= 0.3 is 5.97 Å². The van der Waals surface area contributed by atoms with Gasteiger partial charge in [-0.3, -0.25) is 0 Å². The van der Waals surface area contributed by atoms with Crippen molar-refractivity contribution < 1.29 is 19.7 Å². The zero-order chi connectivity index (χ0) is 10.6. The molecule has 0 fully saturated rings. The summed E-state index contributed by atoms with van der Waals surface area (Å²) in [5, 5.41) is 17.3. The maximum absolute atomic E-state index is 10.7. The van der Waals surface area contributed by atoms with Crippen molar-refractivity contribution in [3.63, 3.8) is 0 Å². The standard InChI is InChI=1S/C9H9BrO4/c10-7-3-6(9(12)13)4-8(5-7)14-2-1-11/h3-5,11H,1-2H2,(H,12,13). The van der Waals surface area contributed by atoms with Crippen LogP contribution in [0, 0.1) is 0 Å². The number of hydrogen-bond acceptors (Lipinski definition) is 3. The van der Waals surface area contributed by atoms with Crippen LogP contribution < -0.4 is 4.74 Å². The second-order valence-corrected chi connectivity index (χ2v) is 3.47. The van der Waals surface area contributed by atoms with Gasteiger partial charge in [0, 0.05) is 4.47 Å². The van der Waals surface area contributed by atoms with Gasteiger partial charge in [-0.15, -0.1) is 0 Å². The van der Waals surface area contributed by atoms with Crippen molar-refractivity contribution in [2.24, 2.45) is 0 Å². The van der Waals surface area contributed by atoms with Gasteiger partial charge < -0.3 is 14.9 Å². The number of aromatic carboxylic acids is 1. The van der Waals surface area contributed by atoms with Gasteiger partial charge in [-0.1, -0.05) is 15.9 Å². The smallest absolute Gasteiger partial charge is 0.335 e. The van der Waals surface area contributed by atoms with E-state index < -0.39 is 5.97 Å². The summed E-state index contributed by atoms with van der Waals surface area (Å²) >= 11 is 3.17. The van der Waals surface area contributed by atoms with Crippen molar-refractivity contribution in [1.29, 1.82) is 0 Å². The van der Waals surface area contributed by atoms with E-state index in [1.807, 2.05) is 0 Å². The molecule has 0 aliphatic carbocycles. The molecule has 0 saturated heterocycles. The molecule has 0 amide bonds. The first-order valence-corrected chi connectivity index (χ1v) is 4.70. The lowest BCUT2D eigenvalue weighted by Crippen LogP contribution is -2.03. The van der Waals surface area contributed by atoms with E-state index in [9.17, 15) is 4.79 Å². The molecule has 2 N–H and O–H groups in total. The molecule has 76 valence electrons. The molecule has 1 aromatic rings. The number of aliphatic hydroxyl groups excluding tert-OH is 1. The number of carbonyl (C=O) groups is 1. The molecule has 1 rings (SSSR count). The van der Waals surface area contributed by atoms with Gasteiger partial charge in [-0.25, -0.2) is 4.79 Å². The minimum atomic E-state index is -1.01. The summed E-state index contributed by atoms with van der Waals surface area (Å²) in [6.45, 7) is 0.0461. The van der Waals surface area contributed by atoms with Crippen LogP contribution >= 0.6 is 15.9 Å². The predicted octanol–water partition coefficient (Wildman–Crippen LogP) is 1.52. The highest BCUT2D eigenvalue weighted by Gasteiger charge is 2.06. The molecule has 0 atom stereocenters. The summed E-state index contributed by atoms with van der Waals surface area (Å²) in [5.41, 5.74) is 0.146. The highest BCUT2D eigenvalue weighted by Crippen LogP contribution is 2.21. The molecule has 1 aromatic carbocycles. The van der Waals surface area contributed by atoms with Crippen LogP contribution in [0.2, 0.25) is 0 Å². The van der Waals surface area contributed by atoms with Crippen LogP contribution in [0.4, 0.5) is 0 Å². The highest BCUT2D eigenvalue weighted by molar-refractivity contribution is 9.10. The largest absolute Gasteiger partial charge is 0.491 e. The molecule has 0 heterocycles. The number of halogens is 1. The SMILES string of the molecule is O=C(O)c1cc(Br)cc(OCCO)c1. The summed E-state index contributed by atoms with van der Waals surface area (Å²) in [4.78, 5) is 10.7. The Kier molecular flexibility index (Phi) is 3.91. The van der Waals surface area contributed by atoms with Gasteiger partial charge in [0.05, 0.1) is 12.2 Å². The lowest BCUT2D eigenvalue weighted by molar-refractivity contribution is 0.0696. The third kappa shape index (κ3) is 3.01. The Morgan fingerprint density at radius 2 is 2.14 bits per heavy atom. The molecule has 0 aromatic heterocycles. The van der Waals surface area contributed by atoms with Gasteiger partial charge in [0.1, 0.15) is 12.4 Å². The summed E-state index contributed by atoms with van der Waals surface area (Å²) in [5.74, 6) is -0.592. The molecule has 0 bridgehead atoms. The first-order chi connectivity index (χ1) is 6.63. The van der Waals surface area contributed by atoms with E-state index in [-0.39, 0.29) is 18.8 Å². The normalized spacial score (nSPS) is 9.86. The molecular formula is C9H9BrO4. The Hall–Kier alpha value is -1.07. The van der Waals surface area contributed by atoms with E-state index in [4.69, 9.17) is 14.9 Å². The second kappa shape index (κ2) is 4.97. The molecule has 0 aliphatic heterocycles. The topological polar surface area (TPSA) is 66.8 Å². The van der Waals surface area contributed by atoms with Crippen LogP contribution in [0.25, 0.3) is 0 Å². The molecule has 0 saturated carbocycles. The maximum Gasteiger partial charge on any atom is 0.335 e. The Morgan fingerprint density at radius 3 is 2.71 bits per heavy atom. The molecule has 5 heteroatoms. The van der Waals surface area contributed by atoms with Gasteiger partial charge in [0.15, 0.2) is 0 Å². The number of benzene rings is 1. The molecular weight excluding hydrogens is 252 g/mol. The van der Waals surface area contributed by atoms with E-state index in [2.05, 4.69) is 15.9 Å². The Morgan fingerprint density at radius 1 is 1.43 bits per heavy atom. The van der Waals surface area contributed by atoms with Crippen molar-refractivity contribution in [2.75, 3.05) is 13.2 Å². The lowest BCUT2D eigenvalue weighted by Gasteiger charge is -2.05.